The van der Waals surface area contributed by atoms with Crippen molar-refractivity contribution in [3.8, 4) is 11.5 Å². The monoisotopic (exact) mass is 357 g/mol. The number of carbonyl (C=O) groups excluding carboxylic acids is 1. The van der Waals surface area contributed by atoms with Crippen molar-refractivity contribution in [2.24, 2.45) is 0 Å². The van der Waals surface area contributed by atoms with Crippen molar-refractivity contribution in [2.75, 3.05) is 19.8 Å². The normalized spacial score (nSPS) is 11.3. The van der Waals surface area contributed by atoms with E-state index in [1.807, 2.05) is 38.1 Å². The summed E-state index contributed by atoms with van der Waals surface area (Å²) in [7, 11) is 0. The lowest BCUT2D eigenvalue weighted by molar-refractivity contribution is -0.150. The van der Waals surface area contributed by atoms with Crippen LogP contribution in [0.3, 0.4) is 0 Å². The lowest BCUT2D eigenvalue weighted by Gasteiger charge is -2.21. The number of hydrogen-bond donors (Lipinski definition) is 1. The molecular weight excluding hydrogens is 330 g/mol. The molecule has 136 valence electrons. The van der Waals surface area contributed by atoms with Crippen molar-refractivity contribution in [1.29, 1.82) is 0 Å². The van der Waals surface area contributed by atoms with Crippen LogP contribution in [0.2, 0.25) is 0 Å². The maximum absolute atomic E-state index is 11.5. The Labute approximate surface area is 150 Å². The fourth-order valence-corrected chi connectivity index (χ4v) is 1.79. The number of benzene rings is 1. The molecule has 0 heterocycles. The van der Waals surface area contributed by atoms with E-state index in [1.165, 1.54) is 0 Å². The third-order valence-electron chi connectivity index (χ3n) is 2.97. The van der Waals surface area contributed by atoms with Gasteiger partial charge in [-0.3, -0.25) is 4.79 Å². The summed E-state index contributed by atoms with van der Waals surface area (Å²) >= 11 is 0. The molecule has 24 heavy (non-hydrogen) atoms. The molecule has 0 aliphatic carbocycles. The Kier molecular flexibility index (Phi) is 11.8. The van der Waals surface area contributed by atoms with E-state index < -0.39 is 0 Å². The molecule has 5 nitrogen and oxygen atoms in total. The molecule has 0 saturated carbocycles. The van der Waals surface area contributed by atoms with Gasteiger partial charge in [-0.25, -0.2) is 0 Å². The van der Waals surface area contributed by atoms with Gasteiger partial charge in [-0.2, -0.15) is 0 Å². The number of hydrogen-bond acceptors (Lipinski definition) is 5. The van der Waals surface area contributed by atoms with Gasteiger partial charge in [0, 0.05) is 19.0 Å². The standard InChI is InChI=1S/C18H27NO4.ClH/c1-5-11-21-16-9-7-8-10-17(16)22-13-15(12-19-14(3)4)23-18(20)6-2;/h5,7-10,14-15,19H,1,6,11-13H2,2-4H3;1H. The minimum absolute atomic E-state index is 0. The van der Waals surface area contributed by atoms with Crippen molar-refractivity contribution in [2.45, 2.75) is 39.3 Å². The average Bonchev–Trinajstić information content (AvgIpc) is 2.55. The molecule has 0 spiro atoms. The summed E-state index contributed by atoms with van der Waals surface area (Å²) in [6.07, 6.45) is 1.67. The first-order valence-electron chi connectivity index (χ1n) is 7.95. The number of carbonyl (C=O) groups is 1. The van der Waals surface area contributed by atoms with Crippen molar-refractivity contribution in [3.05, 3.63) is 36.9 Å². The topological polar surface area (TPSA) is 56.8 Å². The summed E-state index contributed by atoms with van der Waals surface area (Å²) in [6, 6.07) is 7.71. The van der Waals surface area contributed by atoms with Crippen molar-refractivity contribution in [1.82, 2.24) is 5.32 Å². The Morgan fingerprint density at radius 3 is 2.42 bits per heavy atom. The van der Waals surface area contributed by atoms with E-state index >= 15 is 0 Å². The van der Waals surface area contributed by atoms with E-state index in [0.717, 1.165) is 0 Å². The molecule has 6 heteroatoms. The van der Waals surface area contributed by atoms with Gasteiger partial charge < -0.3 is 19.5 Å². The van der Waals surface area contributed by atoms with Crippen LogP contribution in [-0.4, -0.2) is 37.9 Å². The molecule has 0 saturated heterocycles. The van der Waals surface area contributed by atoms with Crippen LogP contribution in [0.5, 0.6) is 11.5 Å². The van der Waals surface area contributed by atoms with Crippen LogP contribution in [0.15, 0.2) is 36.9 Å². The van der Waals surface area contributed by atoms with E-state index in [-0.39, 0.29) is 31.1 Å². The van der Waals surface area contributed by atoms with E-state index in [0.29, 0.717) is 37.1 Å². The van der Waals surface area contributed by atoms with Gasteiger partial charge >= 0.3 is 5.97 Å². The molecule has 0 aliphatic heterocycles. The van der Waals surface area contributed by atoms with Crippen LogP contribution in [0, 0.1) is 0 Å². The summed E-state index contributed by atoms with van der Waals surface area (Å²) in [4.78, 5) is 11.5. The first-order valence-corrected chi connectivity index (χ1v) is 7.95. The van der Waals surface area contributed by atoms with Crippen molar-refractivity contribution >= 4 is 18.4 Å². The Bertz CT molecular complexity index is 494. The van der Waals surface area contributed by atoms with Gasteiger partial charge in [0.2, 0.25) is 0 Å². The van der Waals surface area contributed by atoms with Crippen LogP contribution in [0.1, 0.15) is 27.2 Å². The van der Waals surface area contributed by atoms with Gasteiger partial charge in [0.05, 0.1) is 0 Å². The minimum Gasteiger partial charge on any atom is -0.486 e. The summed E-state index contributed by atoms with van der Waals surface area (Å²) in [6.45, 7) is 10.7. The quantitative estimate of drug-likeness (QED) is 0.486. The van der Waals surface area contributed by atoms with Crippen LogP contribution in [0.25, 0.3) is 0 Å². The second kappa shape index (κ2) is 12.7. The molecule has 1 aromatic rings. The highest BCUT2D eigenvalue weighted by Gasteiger charge is 2.16. The zero-order chi connectivity index (χ0) is 17.1. The van der Waals surface area contributed by atoms with Crippen molar-refractivity contribution in [3.63, 3.8) is 0 Å². The third-order valence-corrected chi connectivity index (χ3v) is 2.97. The maximum Gasteiger partial charge on any atom is 0.305 e. The molecule has 1 aromatic carbocycles. The van der Waals surface area contributed by atoms with Gasteiger partial charge in [-0.05, 0) is 12.1 Å². The fraction of sp³-hybridized carbons (Fsp3) is 0.500. The van der Waals surface area contributed by atoms with E-state index in [2.05, 4.69) is 11.9 Å². The van der Waals surface area contributed by atoms with Gasteiger partial charge in [-0.1, -0.05) is 45.6 Å². The van der Waals surface area contributed by atoms with Crippen LogP contribution in [-0.2, 0) is 9.53 Å². The van der Waals surface area contributed by atoms with Crippen molar-refractivity contribution < 1.29 is 19.0 Å². The molecule has 1 atom stereocenters. The lowest BCUT2D eigenvalue weighted by atomic mass is 10.3. The number of para-hydroxylation sites is 2. The van der Waals surface area contributed by atoms with Crippen LogP contribution < -0.4 is 14.8 Å². The molecular formula is C18H28ClNO4. The first kappa shape index (κ1) is 22.3. The van der Waals surface area contributed by atoms with E-state index in [1.54, 1.807) is 13.0 Å². The van der Waals surface area contributed by atoms with Gasteiger partial charge in [0.1, 0.15) is 19.3 Å². The van der Waals surface area contributed by atoms with Crippen LogP contribution in [0.4, 0.5) is 0 Å². The summed E-state index contributed by atoms with van der Waals surface area (Å²) in [5.41, 5.74) is 0. The number of nitrogens with one attached hydrogen (secondary N) is 1. The van der Waals surface area contributed by atoms with Crippen LogP contribution >= 0.6 is 12.4 Å². The second-order valence-corrected chi connectivity index (χ2v) is 5.39. The fourth-order valence-electron chi connectivity index (χ4n) is 1.79. The third kappa shape index (κ3) is 8.79. The predicted molar refractivity (Wildman–Crippen MR) is 98.2 cm³/mol. The first-order chi connectivity index (χ1) is 11.1. The van der Waals surface area contributed by atoms with Gasteiger partial charge in [0.15, 0.2) is 11.5 Å². The Hall–Kier alpha value is -1.72. The molecule has 0 amide bonds. The molecule has 0 bridgehead atoms. The number of rotatable bonds is 11. The highest BCUT2D eigenvalue weighted by atomic mass is 35.5. The molecule has 1 unspecified atom stereocenters. The number of ether oxygens (including phenoxy) is 3. The second-order valence-electron chi connectivity index (χ2n) is 5.39. The number of esters is 1. The Balaban J connectivity index is 0.00000529. The molecule has 0 radical (unpaired) electrons. The highest BCUT2D eigenvalue weighted by molar-refractivity contribution is 5.85. The van der Waals surface area contributed by atoms with E-state index in [9.17, 15) is 4.79 Å². The Morgan fingerprint density at radius 2 is 1.88 bits per heavy atom. The van der Waals surface area contributed by atoms with E-state index in [4.69, 9.17) is 14.2 Å². The smallest absolute Gasteiger partial charge is 0.305 e. The highest BCUT2D eigenvalue weighted by Crippen LogP contribution is 2.26. The molecule has 1 rings (SSSR count). The van der Waals surface area contributed by atoms with Gasteiger partial charge in [0.25, 0.3) is 0 Å². The number of halogens is 1. The zero-order valence-electron chi connectivity index (χ0n) is 14.6. The SMILES string of the molecule is C=CCOc1ccccc1OCC(CNC(C)C)OC(=O)CC.Cl. The summed E-state index contributed by atoms with van der Waals surface area (Å²) in [5.74, 6) is 1.03. The average molecular weight is 358 g/mol. The molecule has 1 N–H and O–H groups in total. The molecule has 0 aliphatic rings. The maximum atomic E-state index is 11.5. The Morgan fingerprint density at radius 1 is 1.25 bits per heavy atom. The summed E-state index contributed by atoms with van der Waals surface area (Å²) in [5, 5.41) is 3.26. The molecule has 0 aromatic heterocycles. The largest absolute Gasteiger partial charge is 0.486 e. The lowest BCUT2D eigenvalue weighted by Crippen LogP contribution is -2.38. The minimum atomic E-state index is -0.350. The molecule has 0 fully saturated rings. The predicted octanol–water partition coefficient (Wildman–Crippen LogP) is 3.37. The van der Waals surface area contributed by atoms with Gasteiger partial charge in [-0.15, -0.1) is 12.4 Å². The zero-order valence-corrected chi connectivity index (χ0v) is 15.4. The summed E-state index contributed by atoms with van der Waals surface area (Å²) < 4.78 is 16.8.